The molecule has 1 aliphatic carbocycles. The van der Waals surface area contributed by atoms with Gasteiger partial charge < -0.3 is 9.73 Å². The molecular weight excluding hydrogens is 454 g/mol. The number of carbonyl (C=O) groups excluding carboxylic acids is 1. The third kappa shape index (κ3) is 3.82. The minimum Gasteiger partial charge on any atom is -0.449 e. The Kier molecular flexibility index (Phi) is 5.52. The summed E-state index contributed by atoms with van der Waals surface area (Å²) in [6, 6.07) is 24.9. The van der Waals surface area contributed by atoms with Crippen molar-refractivity contribution in [3.63, 3.8) is 0 Å². The Labute approximate surface area is 206 Å². The summed E-state index contributed by atoms with van der Waals surface area (Å²) >= 11 is 0. The smallest absolute Gasteiger partial charge is 0.332 e. The number of benzene rings is 3. The first-order valence-corrected chi connectivity index (χ1v) is 12.2. The van der Waals surface area contributed by atoms with Crippen LogP contribution in [-0.2, 0) is 30.7 Å². The van der Waals surface area contributed by atoms with Crippen LogP contribution in [0.25, 0.3) is 22.1 Å². The predicted octanol–water partition coefficient (Wildman–Crippen LogP) is 3.96. The zero-order valence-electron chi connectivity index (χ0n) is 19.6. The molecule has 0 unspecified atom stereocenters. The Morgan fingerprint density at radius 2 is 1.67 bits per heavy atom. The van der Waals surface area contributed by atoms with Crippen molar-refractivity contribution < 1.29 is 9.21 Å². The number of furan rings is 1. The molecule has 0 bridgehead atoms. The maximum absolute atomic E-state index is 13.6. The summed E-state index contributed by atoms with van der Waals surface area (Å²) in [5.41, 5.74) is 3.31. The van der Waals surface area contributed by atoms with Crippen molar-refractivity contribution in [2.24, 2.45) is 0 Å². The highest BCUT2D eigenvalue weighted by molar-refractivity contribution is 6.02. The van der Waals surface area contributed by atoms with Gasteiger partial charge in [0.1, 0.15) is 17.6 Å². The zero-order chi connectivity index (χ0) is 24.6. The maximum Gasteiger partial charge on any atom is 0.332 e. The van der Waals surface area contributed by atoms with Gasteiger partial charge in [0.15, 0.2) is 0 Å². The number of hydrogen-bond acceptors (Lipinski definition) is 4. The number of nitrogens with one attached hydrogen (secondary N) is 1. The number of para-hydroxylation sites is 1. The largest absolute Gasteiger partial charge is 0.449 e. The zero-order valence-corrected chi connectivity index (χ0v) is 19.6. The second-order valence-corrected chi connectivity index (χ2v) is 9.19. The van der Waals surface area contributed by atoms with Crippen molar-refractivity contribution >= 4 is 28.0 Å². The number of fused-ring (bicyclic) bond motifs is 4. The number of hydrogen-bond donors (Lipinski definition) is 1. The average molecular weight is 480 g/mol. The molecule has 36 heavy (non-hydrogen) atoms. The Balaban J connectivity index is 1.40. The summed E-state index contributed by atoms with van der Waals surface area (Å²) in [6.07, 6.45) is 2.23. The summed E-state index contributed by atoms with van der Waals surface area (Å²) < 4.78 is 8.46. The molecule has 0 saturated carbocycles. The Hall–Kier alpha value is -4.39. The number of amides is 1. The normalized spacial score (nSPS) is 14.8. The van der Waals surface area contributed by atoms with Crippen LogP contribution in [0.15, 0.2) is 92.9 Å². The van der Waals surface area contributed by atoms with Crippen LogP contribution in [0, 0.1) is 0 Å². The van der Waals surface area contributed by atoms with Crippen LogP contribution in [0.5, 0.6) is 0 Å². The standard InChI is InChI=1S/C29H25N3O4/c33-25(30-23-15-14-20-10-4-5-11-21(20)23)18-32-26-22-12-6-7-13-24(22)36-27(26)28(34)31(29(32)35)17-16-19-8-2-1-3-9-19/h1-13,23H,14-18H2,(H,30,33)/t23-/m0/s1. The van der Waals surface area contributed by atoms with Crippen LogP contribution in [0.4, 0.5) is 0 Å². The lowest BCUT2D eigenvalue weighted by atomic mass is 10.1. The van der Waals surface area contributed by atoms with E-state index in [1.807, 2.05) is 60.7 Å². The van der Waals surface area contributed by atoms with Crippen molar-refractivity contribution in [3.05, 3.63) is 116 Å². The van der Waals surface area contributed by atoms with Crippen molar-refractivity contribution in [1.29, 1.82) is 0 Å². The molecule has 2 heterocycles. The van der Waals surface area contributed by atoms with Crippen LogP contribution >= 0.6 is 0 Å². The molecule has 0 fully saturated rings. The fourth-order valence-corrected chi connectivity index (χ4v) is 5.22. The van der Waals surface area contributed by atoms with Crippen molar-refractivity contribution in [3.8, 4) is 0 Å². The van der Waals surface area contributed by atoms with Crippen molar-refractivity contribution in [2.75, 3.05) is 0 Å². The highest BCUT2D eigenvalue weighted by atomic mass is 16.3. The Bertz CT molecular complexity index is 1710. The SMILES string of the molecule is O=C(Cn1c(=O)n(CCc2ccccc2)c(=O)c2oc3ccccc3c21)N[C@H]1CCc2ccccc21. The van der Waals surface area contributed by atoms with E-state index in [2.05, 4.69) is 11.4 Å². The quantitative estimate of drug-likeness (QED) is 0.400. The average Bonchev–Trinajstić information content (AvgIpc) is 3.49. The molecule has 0 spiro atoms. The molecule has 5 aromatic rings. The first-order valence-electron chi connectivity index (χ1n) is 12.2. The van der Waals surface area contributed by atoms with E-state index in [4.69, 9.17) is 4.42 Å². The van der Waals surface area contributed by atoms with E-state index >= 15 is 0 Å². The number of aryl methyl sites for hydroxylation is 2. The van der Waals surface area contributed by atoms with Gasteiger partial charge in [0, 0.05) is 11.9 Å². The molecule has 6 rings (SSSR count). The first kappa shape index (κ1) is 22.1. The third-order valence-corrected chi connectivity index (χ3v) is 6.98. The highest BCUT2D eigenvalue weighted by Crippen LogP contribution is 2.31. The van der Waals surface area contributed by atoms with E-state index in [9.17, 15) is 14.4 Å². The minimum absolute atomic E-state index is 0.0860. The topological polar surface area (TPSA) is 86.2 Å². The second kappa shape index (κ2) is 9.00. The number of aromatic nitrogens is 2. The molecule has 1 amide bonds. The van der Waals surface area contributed by atoms with Gasteiger partial charge in [-0.25, -0.2) is 4.79 Å². The van der Waals surface area contributed by atoms with Gasteiger partial charge in [0.25, 0.3) is 5.56 Å². The third-order valence-electron chi connectivity index (χ3n) is 6.98. The molecule has 7 heteroatoms. The van der Waals surface area contributed by atoms with E-state index in [1.165, 1.54) is 14.7 Å². The molecule has 2 aromatic heterocycles. The highest BCUT2D eigenvalue weighted by Gasteiger charge is 2.25. The number of carbonyl (C=O) groups is 1. The van der Waals surface area contributed by atoms with Crippen LogP contribution in [0.2, 0.25) is 0 Å². The number of rotatable bonds is 6. The molecule has 1 N–H and O–H groups in total. The lowest BCUT2D eigenvalue weighted by Crippen LogP contribution is -2.43. The van der Waals surface area contributed by atoms with Crippen LogP contribution < -0.4 is 16.6 Å². The van der Waals surface area contributed by atoms with E-state index < -0.39 is 11.2 Å². The molecule has 0 aliphatic heterocycles. The van der Waals surface area contributed by atoms with Gasteiger partial charge in [-0.05, 0) is 48.1 Å². The van der Waals surface area contributed by atoms with Gasteiger partial charge in [-0.15, -0.1) is 0 Å². The molecule has 1 aliphatic rings. The van der Waals surface area contributed by atoms with Crippen LogP contribution in [-0.4, -0.2) is 15.0 Å². The summed E-state index contributed by atoms with van der Waals surface area (Å²) in [6.45, 7) is -0.0184. The monoisotopic (exact) mass is 479 g/mol. The Morgan fingerprint density at radius 1 is 0.917 bits per heavy atom. The van der Waals surface area contributed by atoms with E-state index in [-0.39, 0.29) is 30.6 Å². The van der Waals surface area contributed by atoms with Gasteiger partial charge >= 0.3 is 5.69 Å². The second-order valence-electron chi connectivity index (χ2n) is 9.19. The summed E-state index contributed by atoms with van der Waals surface area (Å²) in [5, 5.41) is 3.73. The van der Waals surface area contributed by atoms with Gasteiger partial charge in [-0.1, -0.05) is 66.7 Å². The van der Waals surface area contributed by atoms with Gasteiger partial charge in [0.2, 0.25) is 11.5 Å². The fraction of sp³-hybridized carbons (Fsp3) is 0.207. The number of nitrogens with zero attached hydrogens (tertiary/aromatic N) is 2. The molecule has 180 valence electrons. The molecule has 0 saturated heterocycles. The van der Waals surface area contributed by atoms with E-state index in [1.54, 1.807) is 12.1 Å². The van der Waals surface area contributed by atoms with Crippen LogP contribution in [0.3, 0.4) is 0 Å². The minimum atomic E-state index is -0.517. The van der Waals surface area contributed by atoms with Gasteiger partial charge in [-0.3, -0.25) is 18.7 Å². The van der Waals surface area contributed by atoms with Crippen LogP contribution in [0.1, 0.15) is 29.2 Å². The molecular formula is C29H25N3O4. The Morgan fingerprint density at radius 3 is 2.53 bits per heavy atom. The van der Waals surface area contributed by atoms with Gasteiger partial charge in [-0.2, -0.15) is 0 Å². The predicted molar refractivity (Wildman–Crippen MR) is 138 cm³/mol. The summed E-state index contributed by atoms with van der Waals surface area (Å²) in [5.74, 6) is -0.279. The molecule has 1 atom stereocenters. The summed E-state index contributed by atoms with van der Waals surface area (Å²) in [4.78, 5) is 40.2. The molecule has 3 aromatic carbocycles. The molecule has 0 radical (unpaired) electrons. The van der Waals surface area contributed by atoms with Crippen molar-refractivity contribution in [1.82, 2.24) is 14.5 Å². The fourth-order valence-electron chi connectivity index (χ4n) is 5.22. The summed E-state index contributed by atoms with van der Waals surface area (Å²) in [7, 11) is 0. The van der Waals surface area contributed by atoms with Crippen molar-refractivity contribution in [2.45, 2.75) is 38.4 Å². The lowest BCUT2D eigenvalue weighted by molar-refractivity contribution is -0.122. The first-order chi connectivity index (χ1) is 17.6. The van der Waals surface area contributed by atoms with E-state index in [0.717, 1.165) is 24.0 Å². The van der Waals surface area contributed by atoms with E-state index in [0.29, 0.717) is 22.9 Å². The van der Waals surface area contributed by atoms with Gasteiger partial charge in [0.05, 0.1) is 6.04 Å². The lowest BCUT2D eigenvalue weighted by Gasteiger charge is -2.16. The molecule has 7 nitrogen and oxygen atoms in total. The maximum atomic E-state index is 13.6.